The minimum atomic E-state index is -3.70. The van der Waals surface area contributed by atoms with Crippen molar-refractivity contribution in [1.82, 2.24) is 4.90 Å². The van der Waals surface area contributed by atoms with Crippen LogP contribution in [0.3, 0.4) is 0 Å². The van der Waals surface area contributed by atoms with E-state index in [0.717, 1.165) is 24.2 Å². The van der Waals surface area contributed by atoms with Gasteiger partial charge in [0.2, 0.25) is 5.91 Å². The molecule has 1 aromatic heterocycles. The fraction of sp³-hybridized carbons (Fsp3) is 0.583. The van der Waals surface area contributed by atoms with Crippen molar-refractivity contribution in [3.8, 4) is 0 Å². The Hall–Kier alpha value is -0.630. The van der Waals surface area contributed by atoms with Crippen molar-refractivity contribution in [2.75, 3.05) is 20.2 Å². The molecule has 0 atom stereocenters. The standard InChI is InChI=1S/C12H16ClNO4S2/c1-18-9-4-6-14(7-5-9)11(15)8-10-2-3-12(19-10)20(13,16)17/h2-3,9H,4-8H2,1H3. The number of ether oxygens (including phenoxy) is 1. The molecule has 5 nitrogen and oxygen atoms in total. The first kappa shape index (κ1) is 15.8. The van der Waals surface area contributed by atoms with Gasteiger partial charge in [-0.25, -0.2) is 8.42 Å². The molecule has 0 aromatic carbocycles. The number of thiophene rings is 1. The van der Waals surface area contributed by atoms with Crippen molar-refractivity contribution in [2.45, 2.75) is 29.6 Å². The van der Waals surface area contributed by atoms with Crippen LogP contribution in [0.2, 0.25) is 0 Å². The Morgan fingerprint density at radius 1 is 1.45 bits per heavy atom. The lowest BCUT2D eigenvalue weighted by molar-refractivity contribution is -0.132. The van der Waals surface area contributed by atoms with Crippen LogP contribution < -0.4 is 0 Å². The lowest BCUT2D eigenvalue weighted by Crippen LogP contribution is -2.41. The van der Waals surface area contributed by atoms with Gasteiger partial charge < -0.3 is 9.64 Å². The van der Waals surface area contributed by atoms with E-state index in [0.29, 0.717) is 18.0 Å². The van der Waals surface area contributed by atoms with Crippen molar-refractivity contribution >= 4 is 37.0 Å². The van der Waals surface area contributed by atoms with Gasteiger partial charge >= 0.3 is 0 Å². The highest BCUT2D eigenvalue weighted by Gasteiger charge is 2.23. The van der Waals surface area contributed by atoms with E-state index in [-0.39, 0.29) is 22.6 Å². The fourth-order valence-corrected chi connectivity index (χ4v) is 4.30. The van der Waals surface area contributed by atoms with E-state index >= 15 is 0 Å². The summed E-state index contributed by atoms with van der Waals surface area (Å²) in [6.45, 7) is 1.37. The van der Waals surface area contributed by atoms with Gasteiger partial charge in [0.1, 0.15) is 4.21 Å². The normalized spacial score (nSPS) is 17.4. The van der Waals surface area contributed by atoms with Crippen molar-refractivity contribution < 1.29 is 17.9 Å². The van der Waals surface area contributed by atoms with Gasteiger partial charge in [0, 0.05) is 35.8 Å². The van der Waals surface area contributed by atoms with Gasteiger partial charge in [-0.3, -0.25) is 4.79 Å². The molecular weight excluding hydrogens is 322 g/mol. The summed E-state index contributed by atoms with van der Waals surface area (Å²) in [5, 5.41) is 0. The maximum Gasteiger partial charge on any atom is 0.270 e. The maximum absolute atomic E-state index is 12.1. The van der Waals surface area contributed by atoms with Crippen LogP contribution in [-0.2, 0) is 25.0 Å². The van der Waals surface area contributed by atoms with E-state index in [4.69, 9.17) is 15.4 Å². The monoisotopic (exact) mass is 337 g/mol. The van der Waals surface area contributed by atoms with Crippen LogP contribution in [0.5, 0.6) is 0 Å². The number of likely N-dealkylation sites (tertiary alicyclic amines) is 1. The van der Waals surface area contributed by atoms with Crippen LogP contribution in [0, 0.1) is 0 Å². The Labute approximate surface area is 126 Å². The second kappa shape index (κ2) is 6.43. The van der Waals surface area contributed by atoms with Gasteiger partial charge in [-0.1, -0.05) is 0 Å². The molecule has 112 valence electrons. The molecule has 1 aliphatic rings. The quantitative estimate of drug-likeness (QED) is 0.787. The van der Waals surface area contributed by atoms with Gasteiger partial charge in [-0.2, -0.15) is 0 Å². The van der Waals surface area contributed by atoms with Crippen molar-refractivity contribution in [1.29, 1.82) is 0 Å². The summed E-state index contributed by atoms with van der Waals surface area (Å²) in [6, 6.07) is 3.08. The zero-order valence-electron chi connectivity index (χ0n) is 11.0. The second-order valence-corrected chi connectivity index (χ2v) is 8.61. The molecule has 0 aliphatic carbocycles. The molecule has 0 bridgehead atoms. The predicted octanol–water partition coefficient (Wildman–Crippen LogP) is 1.86. The summed E-state index contributed by atoms with van der Waals surface area (Å²) in [5.41, 5.74) is 0. The van der Waals surface area contributed by atoms with Crippen molar-refractivity contribution in [2.24, 2.45) is 0 Å². The minimum absolute atomic E-state index is 0.0138. The van der Waals surface area contributed by atoms with Crippen LogP contribution in [0.15, 0.2) is 16.3 Å². The number of hydrogen-bond donors (Lipinski definition) is 0. The molecule has 1 aromatic rings. The molecule has 0 unspecified atom stereocenters. The third-order valence-electron chi connectivity index (χ3n) is 3.33. The topological polar surface area (TPSA) is 63.7 Å². The number of methoxy groups -OCH3 is 1. The Balaban J connectivity index is 1.94. The van der Waals surface area contributed by atoms with Crippen LogP contribution in [0.25, 0.3) is 0 Å². The van der Waals surface area contributed by atoms with E-state index in [1.54, 1.807) is 18.1 Å². The second-order valence-electron chi connectivity index (χ2n) is 4.65. The molecule has 1 amide bonds. The molecule has 0 N–H and O–H groups in total. The van der Waals surface area contributed by atoms with Gasteiger partial charge in [0.25, 0.3) is 9.05 Å². The highest BCUT2D eigenvalue weighted by Crippen LogP contribution is 2.25. The number of halogens is 1. The molecule has 0 saturated carbocycles. The average molecular weight is 338 g/mol. The molecule has 1 aliphatic heterocycles. The predicted molar refractivity (Wildman–Crippen MR) is 77.7 cm³/mol. The number of piperidine rings is 1. The Morgan fingerprint density at radius 2 is 2.10 bits per heavy atom. The first-order chi connectivity index (χ1) is 9.40. The Bertz CT molecular complexity index is 576. The number of carbonyl (C=O) groups is 1. The fourth-order valence-electron chi connectivity index (χ4n) is 2.19. The van der Waals surface area contributed by atoms with E-state index < -0.39 is 9.05 Å². The number of amides is 1. The first-order valence-corrected chi connectivity index (χ1v) is 9.36. The summed E-state index contributed by atoms with van der Waals surface area (Å²) >= 11 is 1.05. The van der Waals surface area contributed by atoms with Crippen molar-refractivity contribution in [3.63, 3.8) is 0 Å². The van der Waals surface area contributed by atoms with E-state index in [2.05, 4.69) is 0 Å². The smallest absolute Gasteiger partial charge is 0.270 e. The molecule has 0 spiro atoms. The van der Waals surface area contributed by atoms with Crippen LogP contribution in [0.4, 0.5) is 0 Å². The number of nitrogens with zero attached hydrogens (tertiary/aromatic N) is 1. The maximum atomic E-state index is 12.1. The van der Waals surface area contributed by atoms with Crippen LogP contribution >= 0.6 is 22.0 Å². The summed E-state index contributed by atoms with van der Waals surface area (Å²) in [6.07, 6.45) is 2.13. The molecule has 2 rings (SSSR count). The molecule has 1 saturated heterocycles. The summed E-state index contributed by atoms with van der Waals surface area (Å²) in [5.74, 6) is 0.0138. The SMILES string of the molecule is COC1CCN(C(=O)Cc2ccc(S(=O)(=O)Cl)s2)CC1. The van der Waals surface area contributed by atoms with Crippen molar-refractivity contribution in [3.05, 3.63) is 17.0 Å². The molecule has 8 heteroatoms. The molecule has 2 heterocycles. The molecule has 20 heavy (non-hydrogen) atoms. The lowest BCUT2D eigenvalue weighted by atomic mass is 10.1. The largest absolute Gasteiger partial charge is 0.381 e. The number of carbonyl (C=O) groups excluding carboxylic acids is 1. The highest BCUT2D eigenvalue weighted by atomic mass is 35.7. The lowest BCUT2D eigenvalue weighted by Gasteiger charge is -2.31. The van der Waals surface area contributed by atoms with Crippen LogP contribution in [-0.4, -0.2) is 45.5 Å². The Kier molecular flexibility index (Phi) is 5.06. The third kappa shape index (κ3) is 3.94. The first-order valence-electron chi connectivity index (χ1n) is 6.24. The van der Waals surface area contributed by atoms with E-state index in [1.807, 2.05) is 0 Å². The zero-order chi connectivity index (χ0) is 14.8. The summed E-state index contributed by atoms with van der Waals surface area (Å²) < 4.78 is 27.7. The molecular formula is C12H16ClNO4S2. The molecule has 0 radical (unpaired) electrons. The third-order valence-corrected chi connectivity index (χ3v) is 6.51. The summed E-state index contributed by atoms with van der Waals surface area (Å²) in [7, 11) is 3.24. The minimum Gasteiger partial charge on any atom is -0.381 e. The number of rotatable bonds is 4. The van der Waals surface area contributed by atoms with Gasteiger partial charge in [-0.05, 0) is 25.0 Å². The molecule has 1 fully saturated rings. The van der Waals surface area contributed by atoms with Gasteiger partial charge in [-0.15, -0.1) is 11.3 Å². The van der Waals surface area contributed by atoms with E-state index in [9.17, 15) is 13.2 Å². The number of hydrogen-bond acceptors (Lipinski definition) is 5. The van der Waals surface area contributed by atoms with Gasteiger partial charge in [0.05, 0.1) is 12.5 Å². The Morgan fingerprint density at radius 3 is 2.60 bits per heavy atom. The van der Waals surface area contributed by atoms with Gasteiger partial charge in [0.15, 0.2) is 0 Å². The average Bonchev–Trinajstić information content (AvgIpc) is 2.87. The van der Waals surface area contributed by atoms with E-state index in [1.165, 1.54) is 6.07 Å². The van der Waals surface area contributed by atoms with Crippen LogP contribution in [0.1, 0.15) is 17.7 Å². The zero-order valence-corrected chi connectivity index (χ0v) is 13.4. The highest BCUT2D eigenvalue weighted by molar-refractivity contribution is 8.15. The summed E-state index contributed by atoms with van der Waals surface area (Å²) in [4.78, 5) is 14.6.